The van der Waals surface area contributed by atoms with Crippen molar-refractivity contribution >= 4 is 10.1 Å². The molecule has 72 valence electrons. The van der Waals surface area contributed by atoms with E-state index in [1.807, 2.05) is 0 Å². The zero-order chi connectivity index (χ0) is 10.1. The van der Waals surface area contributed by atoms with Crippen molar-refractivity contribution in [2.24, 2.45) is 0 Å². The molecule has 0 aromatic heterocycles. The summed E-state index contributed by atoms with van der Waals surface area (Å²) in [6.45, 7) is 0.963. The van der Waals surface area contributed by atoms with E-state index in [1.54, 1.807) is 18.2 Å². The van der Waals surface area contributed by atoms with Crippen LogP contribution in [0.25, 0.3) is 0 Å². The Morgan fingerprint density at radius 1 is 1.29 bits per heavy atom. The molecule has 1 unspecified atom stereocenters. The minimum atomic E-state index is -4.75. The molecule has 1 atom stereocenters. The van der Waals surface area contributed by atoms with Crippen LogP contribution in [0.3, 0.4) is 0 Å². The van der Waals surface area contributed by atoms with Crippen molar-refractivity contribution < 1.29 is 47.6 Å². The summed E-state index contributed by atoms with van der Waals surface area (Å²) in [5.74, 6) is 0. The third-order valence-corrected chi connectivity index (χ3v) is 3.01. The molecule has 1 aromatic carbocycles. The van der Waals surface area contributed by atoms with Gasteiger partial charge in [-0.05, 0) is 12.5 Å². The Hall–Kier alpha value is 0.0900. The molecule has 0 radical (unpaired) electrons. The summed E-state index contributed by atoms with van der Waals surface area (Å²) in [5, 5.41) is 9.42. The molecular formula is C8H9NaO4S. The number of hydrogen-bond acceptors (Lipinski definition) is 4. The summed E-state index contributed by atoms with van der Waals surface area (Å²) < 4.78 is 31.9. The quantitative estimate of drug-likeness (QED) is 0.441. The van der Waals surface area contributed by atoms with Gasteiger partial charge in [-0.15, -0.1) is 0 Å². The van der Waals surface area contributed by atoms with E-state index in [0.717, 1.165) is 6.92 Å². The molecule has 6 heteroatoms. The van der Waals surface area contributed by atoms with Gasteiger partial charge in [0.05, 0.1) is 0 Å². The Morgan fingerprint density at radius 3 is 2.07 bits per heavy atom. The Morgan fingerprint density at radius 2 is 1.71 bits per heavy atom. The molecule has 0 heterocycles. The fraction of sp³-hybridized carbons (Fsp3) is 0.250. The molecule has 0 fully saturated rings. The van der Waals surface area contributed by atoms with Crippen molar-refractivity contribution in [2.45, 2.75) is 11.9 Å². The van der Waals surface area contributed by atoms with Gasteiger partial charge in [0.25, 0.3) is 0 Å². The zero-order valence-electron chi connectivity index (χ0n) is 7.97. The van der Waals surface area contributed by atoms with Crippen molar-refractivity contribution in [2.75, 3.05) is 0 Å². The first-order valence-corrected chi connectivity index (χ1v) is 5.00. The Bertz CT molecular complexity index is 385. The number of rotatable bonds is 2. The molecule has 0 aliphatic rings. The molecule has 0 bridgehead atoms. The third-order valence-electron chi connectivity index (χ3n) is 1.80. The van der Waals surface area contributed by atoms with Gasteiger partial charge in [-0.3, -0.25) is 0 Å². The molecule has 0 aliphatic carbocycles. The first-order chi connectivity index (χ1) is 5.86. The molecule has 0 saturated heterocycles. The van der Waals surface area contributed by atoms with Gasteiger partial charge in [-0.25, -0.2) is 8.42 Å². The number of hydrogen-bond donors (Lipinski definition) is 1. The van der Waals surface area contributed by atoms with E-state index in [9.17, 15) is 18.1 Å². The minimum absolute atomic E-state index is 0. The molecule has 0 amide bonds. The first kappa shape index (κ1) is 14.1. The van der Waals surface area contributed by atoms with Crippen LogP contribution in [-0.2, 0) is 15.1 Å². The summed E-state index contributed by atoms with van der Waals surface area (Å²) in [6.07, 6.45) is 0. The standard InChI is InChI=1S/C8H10O4S.Na/c1-8(9,13(10,11)12)7-5-3-2-4-6-7;/h2-6,9H,1H3,(H,10,11,12);/q;+1/p-1. The molecule has 1 rings (SSSR count). The van der Waals surface area contributed by atoms with E-state index in [1.165, 1.54) is 12.1 Å². The van der Waals surface area contributed by atoms with Gasteiger partial charge in [-0.2, -0.15) is 0 Å². The maximum atomic E-state index is 10.6. The van der Waals surface area contributed by atoms with E-state index in [4.69, 9.17) is 0 Å². The average molecular weight is 224 g/mol. The normalized spacial score (nSPS) is 15.4. The molecule has 1 aromatic rings. The van der Waals surface area contributed by atoms with Gasteiger partial charge in [0.2, 0.25) is 0 Å². The topological polar surface area (TPSA) is 77.4 Å². The van der Waals surface area contributed by atoms with Crippen LogP contribution in [-0.4, -0.2) is 18.1 Å². The van der Waals surface area contributed by atoms with E-state index in [2.05, 4.69) is 0 Å². The maximum absolute atomic E-state index is 10.6. The summed E-state index contributed by atoms with van der Waals surface area (Å²) in [4.78, 5) is -2.35. The summed E-state index contributed by atoms with van der Waals surface area (Å²) >= 11 is 0. The monoisotopic (exact) mass is 224 g/mol. The Labute approximate surface area is 105 Å². The van der Waals surface area contributed by atoms with Crippen molar-refractivity contribution in [3.8, 4) is 0 Å². The van der Waals surface area contributed by atoms with Gasteiger partial charge in [0.15, 0.2) is 4.93 Å². The SMILES string of the molecule is CC(O)(c1ccccc1)S(=O)(=O)[O-].[Na+]. The predicted molar refractivity (Wildman–Crippen MR) is 45.7 cm³/mol. The van der Waals surface area contributed by atoms with E-state index in [-0.39, 0.29) is 35.1 Å². The number of aliphatic hydroxyl groups is 1. The fourth-order valence-corrected chi connectivity index (χ4v) is 1.32. The smallest absolute Gasteiger partial charge is 0.745 e. The molecule has 4 nitrogen and oxygen atoms in total. The van der Waals surface area contributed by atoms with Gasteiger partial charge >= 0.3 is 29.6 Å². The van der Waals surface area contributed by atoms with Crippen LogP contribution in [0.5, 0.6) is 0 Å². The zero-order valence-corrected chi connectivity index (χ0v) is 10.8. The molecule has 1 N–H and O–H groups in total. The Kier molecular flexibility index (Phi) is 4.77. The summed E-state index contributed by atoms with van der Waals surface area (Å²) in [7, 11) is -4.75. The summed E-state index contributed by atoms with van der Waals surface area (Å²) in [6, 6.07) is 7.53. The van der Waals surface area contributed by atoms with E-state index < -0.39 is 15.1 Å². The van der Waals surface area contributed by atoms with E-state index >= 15 is 0 Å². The van der Waals surface area contributed by atoms with Crippen molar-refractivity contribution in [3.05, 3.63) is 35.9 Å². The Balaban J connectivity index is 0.00000169. The van der Waals surface area contributed by atoms with Crippen LogP contribution < -0.4 is 29.6 Å². The van der Waals surface area contributed by atoms with Crippen LogP contribution in [0.15, 0.2) is 30.3 Å². The van der Waals surface area contributed by atoms with Gasteiger partial charge in [0, 0.05) is 0 Å². The molecule has 0 saturated carbocycles. The minimum Gasteiger partial charge on any atom is -0.745 e. The molecular weight excluding hydrogens is 215 g/mol. The molecule has 0 spiro atoms. The van der Waals surface area contributed by atoms with E-state index in [0.29, 0.717) is 0 Å². The van der Waals surface area contributed by atoms with Crippen LogP contribution in [0.2, 0.25) is 0 Å². The van der Waals surface area contributed by atoms with Crippen molar-refractivity contribution in [1.29, 1.82) is 0 Å². The van der Waals surface area contributed by atoms with Gasteiger partial charge in [-0.1, -0.05) is 30.3 Å². The van der Waals surface area contributed by atoms with Crippen LogP contribution in [0, 0.1) is 0 Å². The second-order valence-corrected chi connectivity index (χ2v) is 4.51. The van der Waals surface area contributed by atoms with Gasteiger partial charge < -0.3 is 9.66 Å². The van der Waals surface area contributed by atoms with Crippen LogP contribution >= 0.6 is 0 Å². The second kappa shape index (κ2) is 4.74. The van der Waals surface area contributed by atoms with Gasteiger partial charge in [0.1, 0.15) is 10.1 Å². The largest absolute Gasteiger partial charge is 1.00 e. The maximum Gasteiger partial charge on any atom is 1.00 e. The van der Waals surface area contributed by atoms with Crippen LogP contribution in [0.4, 0.5) is 0 Å². The third kappa shape index (κ3) is 2.79. The fourth-order valence-electron chi connectivity index (χ4n) is 0.892. The molecule has 0 aliphatic heterocycles. The van der Waals surface area contributed by atoms with Crippen molar-refractivity contribution in [3.63, 3.8) is 0 Å². The second-order valence-electron chi connectivity index (χ2n) is 2.80. The van der Waals surface area contributed by atoms with Crippen molar-refractivity contribution in [1.82, 2.24) is 0 Å². The molecule has 14 heavy (non-hydrogen) atoms. The summed E-state index contributed by atoms with van der Waals surface area (Å²) in [5.41, 5.74) is 0.0741. The average Bonchev–Trinajstić information content (AvgIpc) is 2.04. The number of benzene rings is 1. The first-order valence-electron chi connectivity index (χ1n) is 3.59. The van der Waals surface area contributed by atoms with Crippen LogP contribution in [0.1, 0.15) is 12.5 Å². The predicted octanol–water partition coefficient (Wildman–Crippen LogP) is -2.60.